The molecule has 5 nitrogen and oxygen atoms in total. The van der Waals surface area contributed by atoms with Gasteiger partial charge in [-0.2, -0.15) is 0 Å². The fourth-order valence-corrected chi connectivity index (χ4v) is 2.69. The molecule has 0 unspecified atom stereocenters. The second kappa shape index (κ2) is 7.02. The quantitative estimate of drug-likeness (QED) is 0.591. The van der Waals surface area contributed by atoms with Crippen LogP contribution in [0.5, 0.6) is 0 Å². The lowest BCUT2D eigenvalue weighted by atomic mass is 9.90. The van der Waals surface area contributed by atoms with Gasteiger partial charge in [0.1, 0.15) is 5.54 Å². The van der Waals surface area contributed by atoms with E-state index >= 15 is 0 Å². The minimum atomic E-state index is -1.36. The summed E-state index contributed by atoms with van der Waals surface area (Å²) in [6, 6.07) is 6.09. The van der Waals surface area contributed by atoms with Crippen LogP contribution in [-0.4, -0.2) is 46.6 Å². The first-order valence-electron chi connectivity index (χ1n) is 7.37. The third-order valence-corrected chi connectivity index (χ3v) is 4.09. The smallest absolute Gasteiger partial charge is 0.225 e. The standard InChI is InChI=1S/C16H23NO4/c18-9-16(10-19,11-20)17-15(21)8-12-5-6-13-3-1-2-4-14(13)7-12/h5-7,18-20H,1-4,8-11H2,(H,17,21). The van der Waals surface area contributed by atoms with E-state index in [4.69, 9.17) is 0 Å². The van der Waals surface area contributed by atoms with Crippen molar-refractivity contribution in [2.45, 2.75) is 37.6 Å². The van der Waals surface area contributed by atoms with E-state index in [9.17, 15) is 20.1 Å². The predicted octanol–water partition coefficient (Wildman–Crippen LogP) is -0.0602. The van der Waals surface area contributed by atoms with E-state index in [0.717, 1.165) is 18.4 Å². The van der Waals surface area contributed by atoms with Gasteiger partial charge in [-0.05, 0) is 42.4 Å². The molecule has 0 heterocycles. The molecule has 0 saturated carbocycles. The number of nitrogens with one attached hydrogen (secondary N) is 1. The van der Waals surface area contributed by atoms with Gasteiger partial charge in [-0.1, -0.05) is 18.2 Å². The van der Waals surface area contributed by atoms with Crippen LogP contribution in [0.2, 0.25) is 0 Å². The molecule has 1 amide bonds. The number of aryl methyl sites for hydroxylation is 2. The SMILES string of the molecule is O=C(Cc1ccc2c(c1)CCCC2)NC(CO)(CO)CO. The second-order valence-electron chi connectivity index (χ2n) is 5.79. The number of hydrogen-bond acceptors (Lipinski definition) is 4. The van der Waals surface area contributed by atoms with Crippen molar-refractivity contribution in [2.24, 2.45) is 0 Å². The van der Waals surface area contributed by atoms with Crippen LogP contribution >= 0.6 is 0 Å². The lowest BCUT2D eigenvalue weighted by molar-refractivity contribution is -0.124. The maximum absolute atomic E-state index is 12.0. The predicted molar refractivity (Wildman–Crippen MR) is 78.9 cm³/mol. The van der Waals surface area contributed by atoms with Crippen molar-refractivity contribution in [1.82, 2.24) is 5.32 Å². The highest BCUT2D eigenvalue weighted by molar-refractivity contribution is 5.79. The van der Waals surface area contributed by atoms with Gasteiger partial charge in [-0.15, -0.1) is 0 Å². The van der Waals surface area contributed by atoms with Crippen LogP contribution < -0.4 is 5.32 Å². The van der Waals surface area contributed by atoms with Gasteiger partial charge < -0.3 is 20.6 Å². The molecule has 0 aromatic heterocycles. The lowest BCUT2D eigenvalue weighted by Crippen LogP contribution is -2.57. The Morgan fingerprint density at radius 2 is 1.67 bits per heavy atom. The molecular weight excluding hydrogens is 270 g/mol. The van der Waals surface area contributed by atoms with Crippen LogP contribution in [0.1, 0.15) is 29.5 Å². The van der Waals surface area contributed by atoms with Crippen LogP contribution in [-0.2, 0) is 24.1 Å². The molecular formula is C16H23NO4. The van der Waals surface area contributed by atoms with E-state index in [-0.39, 0.29) is 12.3 Å². The van der Waals surface area contributed by atoms with E-state index < -0.39 is 25.4 Å². The first-order chi connectivity index (χ1) is 10.1. The second-order valence-corrected chi connectivity index (χ2v) is 5.79. The zero-order chi connectivity index (χ0) is 15.3. The molecule has 0 aliphatic heterocycles. The summed E-state index contributed by atoms with van der Waals surface area (Å²) < 4.78 is 0. The highest BCUT2D eigenvalue weighted by atomic mass is 16.3. The molecule has 0 saturated heterocycles. The molecule has 1 aromatic rings. The van der Waals surface area contributed by atoms with Crippen LogP contribution in [0.3, 0.4) is 0 Å². The van der Waals surface area contributed by atoms with Crippen molar-refractivity contribution in [2.75, 3.05) is 19.8 Å². The third-order valence-electron chi connectivity index (χ3n) is 4.09. The topological polar surface area (TPSA) is 89.8 Å². The van der Waals surface area contributed by atoms with Gasteiger partial charge in [0.15, 0.2) is 0 Å². The summed E-state index contributed by atoms with van der Waals surface area (Å²) in [5.41, 5.74) is 2.23. The minimum absolute atomic E-state index is 0.176. The summed E-state index contributed by atoms with van der Waals surface area (Å²) in [6.07, 6.45) is 4.74. The summed E-state index contributed by atoms with van der Waals surface area (Å²) >= 11 is 0. The van der Waals surface area contributed by atoms with E-state index in [1.807, 2.05) is 6.07 Å². The van der Waals surface area contributed by atoms with Gasteiger partial charge in [-0.3, -0.25) is 4.79 Å². The highest BCUT2D eigenvalue weighted by Crippen LogP contribution is 2.22. The highest BCUT2D eigenvalue weighted by Gasteiger charge is 2.29. The van der Waals surface area contributed by atoms with Crippen molar-refractivity contribution in [1.29, 1.82) is 0 Å². The van der Waals surface area contributed by atoms with Gasteiger partial charge in [0, 0.05) is 0 Å². The van der Waals surface area contributed by atoms with Gasteiger partial charge in [-0.25, -0.2) is 0 Å². The number of aliphatic hydroxyl groups excluding tert-OH is 3. The molecule has 1 aromatic carbocycles. The number of carbonyl (C=O) groups is 1. The Balaban J connectivity index is 2.02. The van der Waals surface area contributed by atoms with Crippen LogP contribution in [0, 0.1) is 0 Å². The van der Waals surface area contributed by atoms with E-state index in [1.54, 1.807) is 0 Å². The van der Waals surface area contributed by atoms with Gasteiger partial charge in [0.05, 0.1) is 26.2 Å². The summed E-state index contributed by atoms with van der Waals surface area (Å²) in [5.74, 6) is -0.317. The molecule has 0 atom stereocenters. The lowest BCUT2D eigenvalue weighted by Gasteiger charge is -2.28. The maximum Gasteiger partial charge on any atom is 0.225 e. The summed E-state index contributed by atoms with van der Waals surface area (Å²) in [6.45, 7) is -1.51. The molecule has 0 spiro atoms. The van der Waals surface area contributed by atoms with Gasteiger partial charge in [0.2, 0.25) is 5.91 Å². The Morgan fingerprint density at radius 3 is 2.29 bits per heavy atom. The molecule has 0 bridgehead atoms. The molecule has 116 valence electrons. The number of aliphatic hydroxyl groups is 3. The molecule has 0 fully saturated rings. The van der Waals surface area contributed by atoms with E-state index in [0.29, 0.717) is 0 Å². The van der Waals surface area contributed by atoms with Crippen LogP contribution in [0.15, 0.2) is 18.2 Å². The van der Waals surface area contributed by atoms with Crippen molar-refractivity contribution >= 4 is 5.91 Å². The first kappa shape index (κ1) is 15.9. The Hall–Kier alpha value is -1.43. The third kappa shape index (κ3) is 3.81. The molecule has 1 aliphatic rings. The maximum atomic E-state index is 12.0. The zero-order valence-electron chi connectivity index (χ0n) is 12.1. The molecule has 4 N–H and O–H groups in total. The number of fused-ring (bicyclic) bond motifs is 1. The van der Waals surface area contributed by atoms with Crippen molar-refractivity contribution in [3.05, 3.63) is 34.9 Å². The van der Waals surface area contributed by atoms with Crippen molar-refractivity contribution in [3.8, 4) is 0 Å². The minimum Gasteiger partial charge on any atom is -0.394 e. The Kier molecular flexibility index (Phi) is 5.33. The van der Waals surface area contributed by atoms with Gasteiger partial charge in [0.25, 0.3) is 0 Å². The van der Waals surface area contributed by atoms with Crippen LogP contribution in [0.25, 0.3) is 0 Å². The summed E-state index contributed by atoms with van der Waals surface area (Å²) in [4.78, 5) is 12.0. The Labute approximate surface area is 124 Å². The molecule has 1 aliphatic carbocycles. The summed E-state index contributed by atoms with van der Waals surface area (Å²) in [5, 5.41) is 30.2. The average molecular weight is 293 g/mol. The van der Waals surface area contributed by atoms with Crippen LogP contribution in [0.4, 0.5) is 0 Å². The van der Waals surface area contributed by atoms with E-state index in [2.05, 4.69) is 17.4 Å². The fourth-order valence-electron chi connectivity index (χ4n) is 2.69. The largest absolute Gasteiger partial charge is 0.394 e. The normalized spacial score (nSPS) is 14.6. The number of rotatable bonds is 6. The Bertz CT molecular complexity index is 489. The number of benzene rings is 1. The fraction of sp³-hybridized carbons (Fsp3) is 0.562. The molecule has 0 radical (unpaired) electrons. The molecule has 2 rings (SSSR count). The summed E-state index contributed by atoms with van der Waals surface area (Å²) in [7, 11) is 0. The first-order valence-corrected chi connectivity index (χ1v) is 7.37. The monoisotopic (exact) mass is 293 g/mol. The van der Waals surface area contributed by atoms with Crippen molar-refractivity contribution in [3.63, 3.8) is 0 Å². The van der Waals surface area contributed by atoms with Crippen molar-refractivity contribution < 1.29 is 20.1 Å². The molecule has 5 heteroatoms. The average Bonchev–Trinajstić information content (AvgIpc) is 2.52. The number of amides is 1. The van der Waals surface area contributed by atoms with E-state index in [1.165, 1.54) is 24.0 Å². The number of carbonyl (C=O) groups excluding carboxylic acids is 1. The molecule has 21 heavy (non-hydrogen) atoms. The Morgan fingerprint density at radius 1 is 1.05 bits per heavy atom. The number of hydrogen-bond donors (Lipinski definition) is 4. The zero-order valence-corrected chi connectivity index (χ0v) is 12.1. The van der Waals surface area contributed by atoms with Gasteiger partial charge >= 0.3 is 0 Å².